The summed E-state index contributed by atoms with van der Waals surface area (Å²) in [6, 6.07) is 7.86. The highest BCUT2D eigenvalue weighted by molar-refractivity contribution is 7.16. The second-order valence-corrected chi connectivity index (χ2v) is 9.64. The van der Waals surface area contributed by atoms with E-state index in [2.05, 4.69) is 32.2 Å². The summed E-state index contributed by atoms with van der Waals surface area (Å²) in [6.45, 7) is 7.11. The van der Waals surface area contributed by atoms with Gasteiger partial charge in [0.05, 0.1) is 5.56 Å². The third-order valence-electron chi connectivity index (χ3n) is 6.45. The predicted octanol–water partition coefficient (Wildman–Crippen LogP) is 5.54. The van der Waals surface area contributed by atoms with Gasteiger partial charge in [-0.05, 0) is 59.9 Å². The minimum Gasteiger partial charge on any atom is -0.454 e. The largest absolute Gasteiger partial charge is 0.454 e. The number of hydrogen-bond acceptors (Lipinski definition) is 5. The molecule has 4 rings (SSSR count). The zero-order chi connectivity index (χ0) is 21.3. The van der Waals surface area contributed by atoms with Gasteiger partial charge in [0.25, 0.3) is 0 Å². The molecule has 30 heavy (non-hydrogen) atoms. The third-order valence-corrected chi connectivity index (χ3v) is 7.62. The number of carbonyl (C=O) groups excluding carboxylic acids is 1. The van der Waals surface area contributed by atoms with E-state index < -0.39 is 0 Å². The van der Waals surface area contributed by atoms with Gasteiger partial charge in [0, 0.05) is 11.0 Å². The van der Waals surface area contributed by atoms with E-state index in [1.54, 1.807) is 17.4 Å². The van der Waals surface area contributed by atoms with Crippen LogP contribution in [0.5, 0.6) is 11.5 Å². The molecule has 0 saturated heterocycles. The quantitative estimate of drug-likeness (QED) is 0.642. The maximum atomic E-state index is 12.5. The summed E-state index contributed by atoms with van der Waals surface area (Å²) in [6.07, 6.45) is 7.34. The first kappa shape index (κ1) is 20.5. The standard InChI is InChI=1S/C24H26N2O3S/c1-4-24(2,3)16-7-8-17-18(13-25)23(30-21(17)12-16)26-22(27)10-6-15-5-9-19-20(11-15)29-14-28-19/h5-6,9-11,16H,4,7-8,12,14H2,1-3H3,(H,26,27)/b10-6+. The van der Waals surface area contributed by atoms with E-state index in [1.165, 1.54) is 11.0 Å². The molecule has 5 nitrogen and oxygen atoms in total. The van der Waals surface area contributed by atoms with E-state index in [0.29, 0.717) is 28.0 Å². The Morgan fingerprint density at radius 1 is 1.37 bits per heavy atom. The molecule has 2 aliphatic rings. The number of hydrogen-bond donors (Lipinski definition) is 1. The van der Waals surface area contributed by atoms with Crippen LogP contribution in [0.2, 0.25) is 0 Å². The molecule has 0 saturated carbocycles. The molecule has 0 fully saturated rings. The number of nitrogens with one attached hydrogen (secondary N) is 1. The number of anilines is 1. The molecule has 1 N–H and O–H groups in total. The van der Waals surface area contributed by atoms with E-state index in [4.69, 9.17) is 9.47 Å². The molecule has 0 spiro atoms. The number of thiophene rings is 1. The molecule has 2 heterocycles. The molecule has 1 amide bonds. The maximum Gasteiger partial charge on any atom is 0.249 e. The van der Waals surface area contributed by atoms with Crippen molar-refractivity contribution in [3.8, 4) is 17.6 Å². The predicted molar refractivity (Wildman–Crippen MR) is 119 cm³/mol. The zero-order valence-corrected chi connectivity index (χ0v) is 18.4. The molecule has 1 aliphatic heterocycles. The zero-order valence-electron chi connectivity index (χ0n) is 17.6. The van der Waals surface area contributed by atoms with Gasteiger partial charge in [-0.3, -0.25) is 4.79 Å². The number of fused-ring (bicyclic) bond motifs is 2. The third kappa shape index (κ3) is 3.95. The van der Waals surface area contributed by atoms with Crippen LogP contribution < -0.4 is 14.8 Å². The van der Waals surface area contributed by atoms with Crippen molar-refractivity contribution in [3.63, 3.8) is 0 Å². The summed E-state index contributed by atoms with van der Waals surface area (Å²) in [4.78, 5) is 13.8. The topological polar surface area (TPSA) is 71.3 Å². The van der Waals surface area contributed by atoms with Crippen LogP contribution in [0.3, 0.4) is 0 Å². The molecule has 1 aromatic carbocycles. The summed E-state index contributed by atoms with van der Waals surface area (Å²) >= 11 is 1.56. The average Bonchev–Trinajstić information content (AvgIpc) is 3.34. The first-order chi connectivity index (χ1) is 14.4. The minimum absolute atomic E-state index is 0.221. The van der Waals surface area contributed by atoms with Gasteiger partial charge < -0.3 is 14.8 Å². The number of benzene rings is 1. The van der Waals surface area contributed by atoms with Crippen molar-refractivity contribution in [1.82, 2.24) is 0 Å². The van der Waals surface area contributed by atoms with Crippen molar-refractivity contribution >= 4 is 28.3 Å². The van der Waals surface area contributed by atoms with Crippen LogP contribution in [0.15, 0.2) is 24.3 Å². The van der Waals surface area contributed by atoms with Crippen LogP contribution in [0.25, 0.3) is 6.08 Å². The lowest BCUT2D eigenvalue weighted by atomic mass is 9.69. The van der Waals surface area contributed by atoms with E-state index in [-0.39, 0.29) is 18.1 Å². The van der Waals surface area contributed by atoms with Crippen molar-refractivity contribution in [2.24, 2.45) is 11.3 Å². The van der Waals surface area contributed by atoms with Gasteiger partial charge in [0.2, 0.25) is 12.7 Å². The molecule has 1 unspecified atom stereocenters. The van der Waals surface area contributed by atoms with Gasteiger partial charge in [-0.2, -0.15) is 5.26 Å². The van der Waals surface area contributed by atoms with Gasteiger partial charge in [-0.15, -0.1) is 11.3 Å². The Morgan fingerprint density at radius 3 is 2.93 bits per heavy atom. The second kappa shape index (κ2) is 8.16. The van der Waals surface area contributed by atoms with Gasteiger partial charge in [0.15, 0.2) is 11.5 Å². The Morgan fingerprint density at radius 2 is 2.17 bits per heavy atom. The first-order valence-electron chi connectivity index (χ1n) is 10.3. The second-order valence-electron chi connectivity index (χ2n) is 8.54. The summed E-state index contributed by atoms with van der Waals surface area (Å²) in [5, 5.41) is 13.3. The maximum absolute atomic E-state index is 12.5. The molecule has 1 aromatic heterocycles. The van der Waals surface area contributed by atoms with Crippen molar-refractivity contribution in [3.05, 3.63) is 45.8 Å². The number of ether oxygens (including phenoxy) is 2. The number of amides is 1. The Hall–Kier alpha value is -2.78. The molecule has 6 heteroatoms. The number of rotatable bonds is 5. The highest BCUT2D eigenvalue weighted by Crippen LogP contribution is 2.45. The number of carbonyl (C=O) groups is 1. The fourth-order valence-corrected chi connectivity index (χ4v) is 5.37. The fourth-order valence-electron chi connectivity index (χ4n) is 4.09. The van der Waals surface area contributed by atoms with Gasteiger partial charge in [0.1, 0.15) is 11.1 Å². The Balaban J connectivity index is 1.48. The highest BCUT2D eigenvalue weighted by atomic mass is 32.1. The lowest BCUT2D eigenvalue weighted by Gasteiger charge is -2.36. The van der Waals surface area contributed by atoms with Crippen LogP contribution in [-0.2, 0) is 17.6 Å². The van der Waals surface area contributed by atoms with Gasteiger partial charge in [-0.25, -0.2) is 0 Å². The number of nitriles is 1. The molecule has 0 bridgehead atoms. The summed E-state index contributed by atoms with van der Waals surface area (Å²) < 4.78 is 10.7. The molecule has 156 valence electrons. The molecule has 2 aromatic rings. The smallest absolute Gasteiger partial charge is 0.249 e. The summed E-state index contributed by atoms with van der Waals surface area (Å²) in [7, 11) is 0. The Kier molecular flexibility index (Phi) is 5.57. The molecular formula is C24H26N2O3S. The van der Waals surface area contributed by atoms with Crippen molar-refractivity contribution in [1.29, 1.82) is 5.26 Å². The normalized spacial score (nSPS) is 17.6. The molecule has 0 radical (unpaired) electrons. The molecule has 1 atom stereocenters. The van der Waals surface area contributed by atoms with Crippen molar-refractivity contribution < 1.29 is 14.3 Å². The summed E-state index contributed by atoms with van der Waals surface area (Å²) in [5.41, 5.74) is 2.89. The van der Waals surface area contributed by atoms with Gasteiger partial charge in [-0.1, -0.05) is 33.3 Å². The monoisotopic (exact) mass is 422 g/mol. The SMILES string of the molecule is CCC(C)(C)C1CCc2c(sc(NC(=O)/C=C/c3ccc4c(c3)OCO4)c2C#N)C1. The number of nitrogens with zero attached hydrogens (tertiary/aromatic N) is 1. The first-order valence-corrected chi connectivity index (χ1v) is 11.2. The Bertz CT molecular complexity index is 1050. The lowest BCUT2D eigenvalue weighted by molar-refractivity contribution is -0.111. The van der Waals surface area contributed by atoms with Crippen LogP contribution in [0.4, 0.5) is 5.00 Å². The van der Waals surface area contributed by atoms with Crippen LogP contribution in [-0.4, -0.2) is 12.7 Å². The molecule has 1 aliphatic carbocycles. The Labute approximate surface area is 181 Å². The van der Waals surface area contributed by atoms with Crippen LogP contribution >= 0.6 is 11.3 Å². The van der Waals surface area contributed by atoms with E-state index in [9.17, 15) is 10.1 Å². The van der Waals surface area contributed by atoms with Crippen LogP contribution in [0.1, 0.15) is 55.2 Å². The fraction of sp³-hybridized carbons (Fsp3) is 0.417. The summed E-state index contributed by atoms with van der Waals surface area (Å²) in [5.74, 6) is 1.76. The van der Waals surface area contributed by atoms with Crippen LogP contribution in [0, 0.1) is 22.7 Å². The van der Waals surface area contributed by atoms with E-state index >= 15 is 0 Å². The van der Waals surface area contributed by atoms with Crippen molar-refractivity contribution in [2.45, 2.75) is 46.5 Å². The van der Waals surface area contributed by atoms with Gasteiger partial charge >= 0.3 is 0 Å². The minimum atomic E-state index is -0.242. The molecular weight excluding hydrogens is 396 g/mol. The van der Waals surface area contributed by atoms with E-state index in [0.717, 1.165) is 36.8 Å². The van der Waals surface area contributed by atoms with E-state index in [1.807, 2.05) is 18.2 Å². The average molecular weight is 423 g/mol. The lowest BCUT2D eigenvalue weighted by Crippen LogP contribution is -2.28. The van der Waals surface area contributed by atoms with Crippen molar-refractivity contribution in [2.75, 3.05) is 12.1 Å². The highest BCUT2D eigenvalue weighted by Gasteiger charge is 2.34.